The van der Waals surface area contributed by atoms with E-state index in [0.717, 1.165) is 12.8 Å². The fourth-order valence-corrected chi connectivity index (χ4v) is 2.52. The van der Waals surface area contributed by atoms with Crippen LogP contribution in [0.3, 0.4) is 0 Å². The van der Waals surface area contributed by atoms with Crippen molar-refractivity contribution < 1.29 is 9.13 Å². The van der Waals surface area contributed by atoms with Gasteiger partial charge in [-0.3, -0.25) is 0 Å². The molecule has 1 aliphatic rings. The van der Waals surface area contributed by atoms with E-state index in [1.165, 1.54) is 31.7 Å². The summed E-state index contributed by atoms with van der Waals surface area (Å²) in [6.45, 7) is 0. The fourth-order valence-electron chi connectivity index (χ4n) is 2.43. The van der Waals surface area contributed by atoms with Gasteiger partial charge in [0.25, 0.3) is 0 Å². The summed E-state index contributed by atoms with van der Waals surface area (Å²) in [4.78, 5) is 0. The summed E-state index contributed by atoms with van der Waals surface area (Å²) in [5, 5.41) is 0. The summed E-state index contributed by atoms with van der Waals surface area (Å²) in [7, 11) is 0. The SMILES string of the molecule is Fc1cc(OC2CCCCCC2)ccc1C#CCCCl. The molecule has 0 N–H and O–H groups in total. The molecular formula is C17H20ClFO. The Kier molecular flexibility index (Phi) is 6.21. The van der Waals surface area contributed by atoms with Crippen LogP contribution < -0.4 is 4.74 Å². The molecule has 1 aromatic carbocycles. The maximum Gasteiger partial charge on any atom is 0.142 e. The highest BCUT2D eigenvalue weighted by Gasteiger charge is 2.14. The number of ether oxygens (including phenoxy) is 1. The Morgan fingerprint density at radius 1 is 1.20 bits per heavy atom. The summed E-state index contributed by atoms with van der Waals surface area (Å²) >= 11 is 5.54. The molecule has 1 aliphatic carbocycles. The van der Waals surface area contributed by atoms with Crippen LogP contribution in [0.1, 0.15) is 50.5 Å². The molecule has 0 aromatic heterocycles. The van der Waals surface area contributed by atoms with Crippen molar-refractivity contribution in [3.8, 4) is 17.6 Å². The molecule has 1 fully saturated rings. The highest BCUT2D eigenvalue weighted by molar-refractivity contribution is 6.18. The van der Waals surface area contributed by atoms with Gasteiger partial charge in [0.15, 0.2) is 0 Å². The van der Waals surface area contributed by atoms with Crippen LogP contribution in [0.2, 0.25) is 0 Å². The first kappa shape index (κ1) is 15.2. The van der Waals surface area contributed by atoms with Crippen LogP contribution in [-0.2, 0) is 0 Å². The van der Waals surface area contributed by atoms with Crippen molar-refractivity contribution >= 4 is 11.6 Å². The third-order valence-electron chi connectivity index (χ3n) is 3.49. The first-order valence-corrected chi connectivity index (χ1v) is 7.84. The average Bonchev–Trinajstić information content (AvgIpc) is 2.70. The van der Waals surface area contributed by atoms with Crippen LogP contribution in [0, 0.1) is 17.7 Å². The van der Waals surface area contributed by atoms with Gasteiger partial charge >= 0.3 is 0 Å². The molecule has 1 nitrogen and oxygen atoms in total. The molecule has 1 aromatic rings. The second-order valence-electron chi connectivity index (χ2n) is 5.11. The third-order valence-corrected chi connectivity index (χ3v) is 3.68. The van der Waals surface area contributed by atoms with Crippen molar-refractivity contribution in [2.75, 3.05) is 5.88 Å². The van der Waals surface area contributed by atoms with Gasteiger partial charge < -0.3 is 4.74 Å². The van der Waals surface area contributed by atoms with E-state index in [2.05, 4.69) is 11.8 Å². The molecule has 0 bridgehead atoms. The molecule has 0 heterocycles. The molecule has 20 heavy (non-hydrogen) atoms. The highest BCUT2D eigenvalue weighted by Crippen LogP contribution is 2.24. The Bertz CT molecular complexity index is 481. The van der Waals surface area contributed by atoms with Crippen molar-refractivity contribution in [2.24, 2.45) is 0 Å². The smallest absolute Gasteiger partial charge is 0.142 e. The van der Waals surface area contributed by atoms with Gasteiger partial charge in [-0.2, -0.15) is 0 Å². The maximum absolute atomic E-state index is 13.9. The molecule has 0 radical (unpaired) electrons. The molecule has 108 valence electrons. The quantitative estimate of drug-likeness (QED) is 0.437. The molecule has 0 unspecified atom stereocenters. The number of benzene rings is 1. The van der Waals surface area contributed by atoms with Crippen molar-refractivity contribution in [1.82, 2.24) is 0 Å². The van der Waals surface area contributed by atoms with Crippen LogP contribution in [0.25, 0.3) is 0 Å². The number of rotatable bonds is 3. The van der Waals surface area contributed by atoms with Crippen molar-refractivity contribution in [3.63, 3.8) is 0 Å². The minimum atomic E-state index is -0.321. The molecule has 0 aliphatic heterocycles. The van der Waals surface area contributed by atoms with Crippen LogP contribution in [0.4, 0.5) is 4.39 Å². The van der Waals surface area contributed by atoms with E-state index in [-0.39, 0.29) is 11.9 Å². The molecule has 3 heteroatoms. The van der Waals surface area contributed by atoms with Gasteiger partial charge in [-0.15, -0.1) is 11.6 Å². The lowest BCUT2D eigenvalue weighted by Gasteiger charge is -2.17. The van der Waals surface area contributed by atoms with Gasteiger partial charge in [0.2, 0.25) is 0 Å². The maximum atomic E-state index is 13.9. The molecule has 0 amide bonds. The van der Waals surface area contributed by atoms with Crippen molar-refractivity contribution in [3.05, 3.63) is 29.6 Å². The van der Waals surface area contributed by atoms with Crippen LogP contribution in [0.15, 0.2) is 18.2 Å². The summed E-state index contributed by atoms with van der Waals surface area (Å²) in [6, 6.07) is 4.93. The Morgan fingerprint density at radius 2 is 1.95 bits per heavy atom. The molecule has 1 saturated carbocycles. The minimum absolute atomic E-state index is 0.227. The van der Waals surface area contributed by atoms with Gasteiger partial charge in [-0.25, -0.2) is 4.39 Å². The molecule has 0 spiro atoms. The fraction of sp³-hybridized carbons (Fsp3) is 0.529. The lowest BCUT2D eigenvalue weighted by atomic mass is 10.1. The molecule has 0 saturated heterocycles. The lowest BCUT2D eigenvalue weighted by molar-refractivity contribution is 0.183. The summed E-state index contributed by atoms with van der Waals surface area (Å²) in [5.74, 6) is 6.39. The standard InChI is InChI=1S/C17H20ClFO/c18-12-6-5-7-14-10-11-16(13-17(14)19)20-15-8-3-1-2-4-9-15/h10-11,13,15H,1-4,6,8-9,12H2. The number of halogens is 2. The van der Waals surface area contributed by atoms with E-state index in [0.29, 0.717) is 23.6 Å². The Morgan fingerprint density at radius 3 is 2.60 bits per heavy atom. The van der Waals surface area contributed by atoms with Crippen molar-refractivity contribution in [1.29, 1.82) is 0 Å². The second-order valence-corrected chi connectivity index (χ2v) is 5.49. The van der Waals surface area contributed by atoms with Crippen LogP contribution in [0.5, 0.6) is 5.75 Å². The number of hydrogen-bond donors (Lipinski definition) is 0. The van der Waals surface area contributed by atoms with E-state index in [1.54, 1.807) is 12.1 Å². The third kappa shape index (κ3) is 4.72. The predicted octanol–water partition coefficient (Wildman–Crippen LogP) is 4.91. The van der Waals surface area contributed by atoms with E-state index >= 15 is 0 Å². The van der Waals surface area contributed by atoms with Gasteiger partial charge in [0.05, 0.1) is 11.7 Å². The van der Waals surface area contributed by atoms with E-state index in [9.17, 15) is 4.39 Å². The molecule has 0 atom stereocenters. The monoisotopic (exact) mass is 294 g/mol. The first-order chi connectivity index (χ1) is 9.79. The molecular weight excluding hydrogens is 275 g/mol. The number of hydrogen-bond acceptors (Lipinski definition) is 1. The Hall–Kier alpha value is -1.20. The summed E-state index contributed by atoms with van der Waals surface area (Å²) in [5.41, 5.74) is 0.406. The van der Waals surface area contributed by atoms with E-state index in [1.807, 2.05) is 0 Å². The normalized spacial score (nSPS) is 16.1. The van der Waals surface area contributed by atoms with E-state index < -0.39 is 0 Å². The van der Waals surface area contributed by atoms with Crippen molar-refractivity contribution in [2.45, 2.75) is 51.0 Å². The minimum Gasteiger partial charge on any atom is -0.490 e. The topological polar surface area (TPSA) is 9.23 Å². The zero-order valence-electron chi connectivity index (χ0n) is 11.6. The van der Waals surface area contributed by atoms with Crippen LogP contribution >= 0.6 is 11.6 Å². The predicted molar refractivity (Wildman–Crippen MR) is 80.7 cm³/mol. The highest BCUT2D eigenvalue weighted by atomic mass is 35.5. The lowest BCUT2D eigenvalue weighted by Crippen LogP contribution is -2.15. The van der Waals surface area contributed by atoms with E-state index in [4.69, 9.17) is 16.3 Å². The van der Waals surface area contributed by atoms with Gasteiger partial charge in [-0.05, 0) is 37.8 Å². The Balaban J connectivity index is 1.99. The first-order valence-electron chi connectivity index (χ1n) is 7.30. The zero-order chi connectivity index (χ0) is 14.2. The summed E-state index contributed by atoms with van der Waals surface area (Å²) in [6.07, 6.45) is 7.90. The zero-order valence-corrected chi connectivity index (χ0v) is 12.4. The largest absolute Gasteiger partial charge is 0.490 e. The number of alkyl halides is 1. The summed E-state index contributed by atoms with van der Waals surface area (Å²) < 4.78 is 19.8. The van der Waals surface area contributed by atoms with Gasteiger partial charge in [0, 0.05) is 18.4 Å². The van der Waals surface area contributed by atoms with Gasteiger partial charge in [0.1, 0.15) is 11.6 Å². The average molecular weight is 295 g/mol. The Labute approximate surface area is 125 Å². The van der Waals surface area contributed by atoms with Crippen LogP contribution in [-0.4, -0.2) is 12.0 Å². The molecule has 2 rings (SSSR count). The van der Waals surface area contributed by atoms with Gasteiger partial charge in [-0.1, -0.05) is 24.7 Å². The second kappa shape index (κ2) is 8.17.